The van der Waals surface area contributed by atoms with Gasteiger partial charge in [0.15, 0.2) is 0 Å². The summed E-state index contributed by atoms with van der Waals surface area (Å²) in [5.41, 5.74) is 0.546. The number of hydrogen-bond donors (Lipinski definition) is 1. The highest BCUT2D eigenvalue weighted by molar-refractivity contribution is 5.01. The molecular weight excluding hydrogens is 190 g/mol. The van der Waals surface area contributed by atoms with E-state index in [0.717, 1.165) is 26.3 Å². The summed E-state index contributed by atoms with van der Waals surface area (Å²) in [6.07, 6.45) is 4.12. The van der Waals surface area contributed by atoms with Crippen LogP contribution < -0.4 is 0 Å². The predicted octanol–water partition coefficient (Wildman–Crippen LogP) is 1.12. The van der Waals surface area contributed by atoms with E-state index in [2.05, 4.69) is 11.8 Å². The summed E-state index contributed by atoms with van der Waals surface area (Å²) in [6.45, 7) is 7.24. The zero-order valence-corrected chi connectivity index (χ0v) is 9.74. The molecule has 1 spiro atoms. The molecule has 1 aliphatic carbocycles. The Morgan fingerprint density at radius 3 is 2.80 bits per heavy atom. The summed E-state index contributed by atoms with van der Waals surface area (Å²) in [4.78, 5) is 2.41. The largest absolute Gasteiger partial charge is 0.395 e. The Hall–Kier alpha value is -0.120. The Morgan fingerprint density at radius 1 is 1.47 bits per heavy atom. The third-order valence-electron chi connectivity index (χ3n) is 4.17. The van der Waals surface area contributed by atoms with E-state index in [9.17, 15) is 0 Å². The fraction of sp³-hybridized carbons (Fsp3) is 1.00. The molecule has 0 amide bonds. The van der Waals surface area contributed by atoms with Crippen LogP contribution >= 0.6 is 0 Å². The molecule has 2 fully saturated rings. The molecule has 0 radical (unpaired) electrons. The lowest BCUT2D eigenvalue weighted by Gasteiger charge is -2.43. The lowest BCUT2D eigenvalue weighted by Crippen LogP contribution is -2.39. The average molecular weight is 213 g/mol. The van der Waals surface area contributed by atoms with Crippen molar-refractivity contribution in [3.05, 3.63) is 0 Å². The van der Waals surface area contributed by atoms with Gasteiger partial charge in [0.05, 0.1) is 13.2 Å². The van der Waals surface area contributed by atoms with E-state index in [4.69, 9.17) is 9.84 Å². The van der Waals surface area contributed by atoms with E-state index >= 15 is 0 Å². The molecule has 1 atom stereocenters. The summed E-state index contributed by atoms with van der Waals surface area (Å²) in [7, 11) is 0. The van der Waals surface area contributed by atoms with Gasteiger partial charge in [-0.25, -0.2) is 0 Å². The highest BCUT2D eigenvalue weighted by atomic mass is 16.5. The third-order valence-corrected chi connectivity index (χ3v) is 4.17. The first kappa shape index (κ1) is 11.4. The second-order valence-corrected chi connectivity index (χ2v) is 5.03. The molecule has 0 aromatic rings. The van der Waals surface area contributed by atoms with Gasteiger partial charge in [0.25, 0.3) is 0 Å². The number of rotatable bonds is 5. The van der Waals surface area contributed by atoms with Crippen molar-refractivity contribution in [2.75, 3.05) is 39.5 Å². The van der Waals surface area contributed by atoms with Crippen LogP contribution in [-0.4, -0.2) is 49.5 Å². The van der Waals surface area contributed by atoms with Crippen LogP contribution in [0.5, 0.6) is 0 Å². The Morgan fingerprint density at radius 2 is 2.27 bits per heavy atom. The molecule has 1 saturated heterocycles. The number of likely N-dealkylation sites (tertiary alicyclic amines) is 1. The van der Waals surface area contributed by atoms with Crippen LogP contribution in [0.2, 0.25) is 0 Å². The minimum absolute atomic E-state index is 0.289. The van der Waals surface area contributed by atoms with Crippen molar-refractivity contribution < 1.29 is 9.84 Å². The third kappa shape index (κ3) is 2.19. The van der Waals surface area contributed by atoms with E-state index in [1.54, 1.807) is 0 Å². The number of β-amino-alcohol motifs (C(OH)–C–C–N with tert-alkyl or cyclic N) is 1. The standard InChI is InChI=1S/C12H23NO2/c1-2-15-9-11-8-13(6-7-14)10-12(11)4-3-5-12/h11,14H,2-10H2,1H3/t11-/m1/s1. The quantitative estimate of drug-likeness (QED) is 0.743. The van der Waals surface area contributed by atoms with E-state index in [-0.39, 0.29) is 6.61 Å². The summed E-state index contributed by atoms with van der Waals surface area (Å²) in [6, 6.07) is 0. The van der Waals surface area contributed by atoms with Gasteiger partial charge in [-0.15, -0.1) is 0 Å². The number of hydrogen-bond acceptors (Lipinski definition) is 3. The lowest BCUT2D eigenvalue weighted by atomic mass is 9.63. The monoisotopic (exact) mass is 213 g/mol. The molecule has 88 valence electrons. The van der Waals surface area contributed by atoms with Crippen molar-refractivity contribution in [3.63, 3.8) is 0 Å². The normalized spacial score (nSPS) is 29.6. The maximum Gasteiger partial charge on any atom is 0.0558 e. The second kappa shape index (κ2) is 4.81. The minimum Gasteiger partial charge on any atom is -0.395 e. The van der Waals surface area contributed by atoms with Gasteiger partial charge in [0.2, 0.25) is 0 Å². The van der Waals surface area contributed by atoms with Crippen LogP contribution in [0.15, 0.2) is 0 Å². The molecule has 1 N–H and O–H groups in total. The summed E-state index contributed by atoms with van der Waals surface area (Å²) >= 11 is 0. The zero-order chi connectivity index (χ0) is 10.7. The topological polar surface area (TPSA) is 32.7 Å². The second-order valence-electron chi connectivity index (χ2n) is 5.03. The molecular formula is C12H23NO2. The Bertz CT molecular complexity index is 204. The summed E-state index contributed by atoms with van der Waals surface area (Å²) in [5, 5.41) is 8.98. The van der Waals surface area contributed by atoms with Crippen LogP contribution in [0.4, 0.5) is 0 Å². The van der Waals surface area contributed by atoms with E-state index in [0.29, 0.717) is 11.3 Å². The molecule has 1 aliphatic heterocycles. The van der Waals surface area contributed by atoms with Crippen molar-refractivity contribution >= 4 is 0 Å². The van der Waals surface area contributed by atoms with E-state index < -0.39 is 0 Å². The first-order valence-electron chi connectivity index (χ1n) is 6.22. The zero-order valence-electron chi connectivity index (χ0n) is 9.74. The van der Waals surface area contributed by atoms with Crippen molar-refractivity contribution in [3.8, 4) is 0 Å². The van der Waals surface area contributed by atoms with E-state index in [1.807, 2.05) is 0 Å². The number of aliphatic hydroxyl groups excluding tert-OH is 1. The maximum absolute atomic E-state index is 8.98. The number of nitrogens with zero attached hydrogens (tertiary/aromatic N) is 1. The molecule has 1 saturated carbocycles. The summed E-state index contributed by atoms with van der Waals surface area (Å²) in [5.74, 6) is 0.706. The molecule has 3 heteroatoms. The van der Waals surface area contributed by atoms with Crippen molar-refractivity contribution in [1.29, 1.82) is 0 Å². The first-order valence-corrected chi connectivity index (χ1v) is 6.22. The molecule has 0 aromatic carbocycles. The lowest BCUT2D eigenvalue weighted by molar-refractivity contribution is 0.0222. The summed E-state index contributed by atoms with van der Waals surface area (Å²) < 4.78 is 5.59. The van der Waals surface area contributed by atoms with Gasteiger partial charge in [-0.3, -0.25) is 0 Å². The average Bonchev–Trinajstić information content (AvgIpc) is 2.54. The van der Waals surface area contributed by atoms with Gasteiger partial charge in [-0.1, -0.05) is 6.42 Å². The molecule has 0 unspecified atom stereocenters. The molecule has 2 rings (SSSR count). The van der Waals surface area contributed by atoms with Crippen molar-refractivity contribution in [2.45, 2.75) is 26.2 Å². The smallest absolute Gasteiger partial charge is 0.0558 e. The molecule has 0 bridgehead atoms. The van der Waals surface area contributed by atoms with Gasteiger partial charge >= 0.3 is 0 Å². The number of aliphatic hydroxyl groups is 1. The van der Waals surface area contributed by atoms with Crippen LogP contribution in [0.3, 0.4) is 0 Å². The first-order chi connectivity index (χ1) is 7.30. The molecule has 1 heterocycles. The molecule has 15 heavy (non-hydrogen) atoms. The Labute approximate surface area is 92.4 Å². The van der Waals surface area contributed by atoms with Gasteiger partial charge in [-0.2, -0.15) is 0 Å². The Balaban J connectivity index is 1.89. The van der Waals surface area contributed by atoms with Gasteiger partial charge in [-0.05, 0) is 25.2 Å². The SMILES string of the molecule is CCOC[C@H]1CN(CCO)CC12CCC2. The minimum atomic E-state index is 0.289. The highest BCUT2D eigenvalue weighted by Gasteiger charge is 2.49. The van der Waals surface area contributed by atoms with Gasteiger partial charge < -0.3 is 14.7 Å². The Kier molecular flexibility index (Phi) is 3.65. The number of ether oxygens (including phenoxy) is 1. The van der Waals surface area contributed by atoms with E-state index in [1.165, 1.54) is 25.8 Å². The molecule has 0 aromatic heterocycles. The van der Waals surface area contributed by atoms with Crippen LogP contribution in [0.25, 0.3) is 0 Å². The predicted molar refractivity (Wildman–Crippen MR) is 59.8 cm³/mol. The highest BCUT2D eigenvalue weighted by Crippen LogP contribution is 2.51. The van der Waals surface area contributed by atoms with Crippen LogP contribution in [-0.2, 0) is 4.74 Å². The van der Waals surface area contributed by atoms with Crippen LogP contribution in [0, 0.1) is 11.3 Å². The van der Waals surface area contributed by atoms with Crippen LogP contribution in [0.1, 0.15) is 26.2 Å². The fourth-order valence-corrected chi connectivity index (χ4v) is 3.14. The van der Waals surface area contributed by atoms with Gasteiger partial charge in [0.1, 0.15) is 0 Å². The molecule has 2 aliphatic rings. The van der Waals surface area contributed by atoms with Crippen molar-refractivity contribution in [1.82, 2.24) is 4.90 Å². The molecule has 3 nitrogen and oxygen atoms in total. The van der Waals surface area contributed by atoms with Crippen molar-refractivity contribution in [2.24, 2.45) is 11.3 Å². The van der Waals surface area contributed by atoms with Gasteiger partial charge in [0, 0.05) is 32.2 Å². The maximum atomic E-state index is 8.98. The fourth-order valence-electron chi connectivity index (χ4n) is 3.14.